The zero-order valence-electron chi connectivity index (χ0n) is 8.37. The van der Waals surface area contributed by atoms with E-state index in [1.165, 1.54) is 57.7 Å². The van der Waals surface area contributed by atoms with E-state index in [0.29, 0.717) is 5.92 Å². The molecule has 0 spiro atoms. The van der Waals surface area contributed by atoms with Crippen molar-refractivity contribution >= 4 is 6.29 Å². The van der Waals surface area contributed by atoms with E-state index in [2.05, 4.69) is 0 Å². The van der Waals surface area contributed by atoms with Gasteiger partial charge in [0.25, 0.3) is 0 Å². The van der Waals surface area contributed by atoms with Crippen molar-refractivity contribution in [1.82, 2.24) is 0 Å². The summed E-state index contributed by atoms with van der Waals surface area (Å²) < 4.78 is 0. The molecule has 2 aliphatic rings. The second-order valence-corrected chi connectivity index (χ2v) is 4.88. The third-order valence-corrected chi connectivity index (χ3v) is 3.73. The molecule has 2 rings (SSSR count). The molecule has 0 radical (unpaired) electrons. The van der Waals surface area contributed by atoms with E-state index in [-0.39, 0.29) is 0 Å². The quantitative estimate of drug-likeness (QED) is 0.607. The monoisotopic (exact) mass is 180 g/mol. The third-order valence-electron chi connectivity index (χ3n) is 3.73. The van der Waals surface area contributed by atoms with E-state index in [1.54, 1.807) is 0 Å². The second kappa shape index (κ2) is 4.26. The van der Waals surface area contributed by atoms with Gasteiger partial charge in [-0.3, -0.25) is 0 Å². The first kappa shape index (κ1) is 9.23. The van der Waals surface area contributed by atoms with Gasteiger partial charge in [-0.2, -0.15) is 0 Å². The lowest BCUT2D eigenvalue weighted by molar-refractivity contribution is -0.112. The van der Waals surface area contributed by atoms with E-state index in [4.69, 9.17) is 0 Å². The van der Waals surface area contributed by atoms with Crippen molar-refractivity contribution in [1.29, 1.82) is 0 Å². The van der Waals surface area contributed by atoms with Gasteiger partial charge >= 0.3 is 0 Å². The highest BCUT2D eigenvalue weighted by Crippen LogP contribution is 2.41. The molecule has 0 aromatic carbocycles. The smallest absolute Gasteiger partial charge is 0.123 e. The van der Waals surface area contributed by atoms with Gasteiger partial charge in [0.05, 0.1) is 0 Å². The molecule has 1 unspecified atom stereocenters. The van der Waals surface area contributed by atoms with Crippen molar-refractivity contribution in [2.45, 2.75) is 51.4 Å². The van der Waals surface area contributed by atoms with Gasteiger partial charge in [-0.25, -0.2) is 0 Å². The molecule has 0 heterocycles. The molecule has 13 heavy (non-hydrogen) atoms. The Hall–Kier alpha value is -0.330. The van der Waals surface area contributed by atoms with Crippen LogP contribution in [0.25, 0.3) is 0 Å². The Kier molecular flexibility index (Phi) is 3.02. The van der Waals surface area contributed by atoms with Crippen molar-refractivity contribution < 1.29 is 4.79 Å². The largest absolute Gasteiger partial charge is 0.303 e. The van der Waals surface area contributed by atoms with Crippen LogP contribution in [0, 0.1) is 17.8 Å². The van der Waals surface area contributed by atoms with E-state index in [1.807, 2.05) is 0 Å². The maximum absolute atomic E-state index is 10.9. The highest BCUT2D eigenvalue weighted by Gasteiger charge is 2.32. The molecule has 0 bridgehead atoms. The van der Waals surface area contributed by atoms with Gasteiger partial charge < -0.3 is 4.79 Å². The SMILES string of the molecule is O=CC(CC1CCCCC1)C1CC1. The van der Waals surface area contributed by atoms with Crippen LogP contribution in [0.2, 0.25) is 0 Å². The maximum Gasteiger partial charge on any atom is 0.123 e. The van der Waals surface area contributed by atoms with Crippen LogP contribution in [0.1, 0.15) is 51.4 Å². The minimum atomic E-state index is 0.420. The number of carbonyl (C=O) groups is 1. The molecular formula is C12H20O. The van der Waals surface area contributed by atoms with Crippen LogP contribution in [0.5, 0.6) is 0 Å². The summed E-state index contributed by atoms with van der Waals surface area (Å²) in [4.78, 5) is 10.9. The first-order valence-corrected chi connectivity index (χ1v) is 5.85. The van der Waals surface area contributed by atoms with Crippen molar-refractivity contribution in [3.63, 3.8) is 0 Å². The second-order valence-electron chi connectivity index (χ2n) is 4.88. The minimum Gasteiger partial charge on any atom is -0.303 e. The summed E-state index contributed by atoms with van der Waals surface area (Å²) in [5.41, 5.74) is 0. The Bertz CT molecular complexity index is 166. The number of hydrogen-bond donors (Lipinski definition) is 0. The molecule has 1 heteroatoms. The van der Waals surface area contributed by atoms with Crippen LogP contribution in [-0.4, -0.2) is 6.29 Å². The first-order valence-electron chi connectivity index (χ1n) is 5.85. The lowest BCUT2D eigenvalue weighted by atomic mass is 9.82. The van der Waals surface area contributed by atoms with Crippen molar-refractivity contribution in [3.05, 3.63) is 0 Å². The van der Waals surface area contributed by atoms with Crippen LogP contribution in [0.15, 0.2) is 0 Å². The minimum absolute atomic E-state index is 0.420. The lowest BCUT2D eigenvalue weighted by Crippen LogP contribution is -2.14. The summed E-state index contributed by atoms with van der Waals surface area (Å²) in [7, 11) is 0. The molecule has 0 aliphatic heterocycles. The summed E-state index contributed by atoms with van der Waals surface area (Å²) in [6, 6.07) is 0. The standard InChI is InChI=1S/C12H20O/c13-9-12(11-6-7-11)8-10-4-2-1-3-5-10/h9-12H,1-8H2. The fraction of sp³-hybridized carbons (Fsp3) is 0.917. The molecule has 0 saturated heterocycles. The van der Waals surface area contributed by atoms with Gasteiger partial charge in [-0.1, -0.05) is 32.1 Å². The summed E-state index contributed by atoms with van der Waals surface area (Å²) in [5, 5.41) is 0. The molecule has 1 atom stereocenters. The zero-order valence-corrected chi connectivity index (χ0v) is 8.37. The van der Waals surface area contributed by atoms with E-state index in [9.17, 15) is 4.79 Å². The van der Waals surface area contributed by atoms with Gasteiger partial charge in [0, 0.05) is 5.92 Å². The Morgan fingerprint density at radius 2 is 1.77 bits per heavy atom. The highest BCUT2D eigenvalue weighted by atomic mass is 16.1. The van der Waals surface area contributed by atoms with E-state index >= 15 is 0 Å². The van der Waals surface area contributed by atoms with Crippen LogP contribution >= 0.6 is 0 Å². The fourth-order valence-electron chi connectivity index (χ4n) is 2.69. The number of carbonyl (C=O) groups excluding carboxylic acids is 1. The summed E-state index contributed by atoms with van der Waals surface area (Å²) in [5.74, 6) is 2.08. The topological polar surface area (TPSA) is 17.1 Å². The van der Waals surface area contributed by atoms with Gasteiger partial charge in [0.2, 0.25) is 0 Å². The lowest BCUT2D eigenvalue weighted by Gasteiger charge is -2.23. The van der Waals surface area contributed by atoms with Crippen molar-refractivity contribution in [2.24, 2.45) is 17.8 Å². The maximum atomic E-state index is 10.9. The first-order chi connectivity index (χ1) is 6.40. The Labute approximate surface area is 80.9 Å². The summed E-state index contributed by atoms with van der Waals surface area (Å²) in [6.45, 7) is 0. The Morgan fingerprint density at radius 1 is 1.08 bits per heavy atom. The van der Waals surface area contributed by atoms with Crippen molar-refractivity contribution in [2.75, 3.05) is 0 Å². The van der Waals surface area contributed by atoms with E-state index < -0.39 is 0 Å². The normalized spacial score (nSPS) is 27.1. The van der Waals surface area contributed by atoms with Gasteiger partial charge in [0.1, 0.15) is 6.29 Å². The zero-order chi connectivity index (χ0) is 9.10. The average Bonchev–Trinajstić information content (AvgIpc) is 2.99. The Balaban J connectivity index is 1.76. The molecule has 2 aliphatic carbocycles. The van der Waals surface area contributed by atoms with Crippen molar-refractivity contribution in [3.8, 4) is 0 Å². The number of aldehydes is 1. The van der Waals surface area contributed by atoms with E-state index in [0.717, 1.165) is 11.8 Å². The molecule has 0 aromatic rings. The Morgan fingerprint density at radius 3 is 2.31 bits per heavy atom. The number of hydrogen-bond acceptors (Lipinski definition) is 1. The number of rotatable bonds is 4. The van der Waals surface area contributed by atoms with Crippen LogP contribution in [0.4, 0.5) is 0 Å². The third kappa shape index (κ3) is 2.55. The fourth-order valence-corrected chi connectivity index (χ4v) is 2.69. The predicted molar refractivity (Wildman–Crippen MR) is 53.5 cm³/mol. The molecule has 2 fully saturated rings. The highest BCUT2D eigenvalue weighted by molar-refractivity contribution is 5.54. The molecule has 1 nitrogen and oxygen atoms in total. The van der Waals surface area contributed by atoms with Crippen LogP contribution in [0.3, 0.4) is 0 Å². The molecule has 0 amide bonds. The molecular weight excluding hydrogens is 160 g/mol. The van der Waals surface area contributed by atoms with Gasteiger partial charge in [-0.15, -0.1) is 0 Å². The van der Waals surface area contributed by atoms with Gasteiger partial charge in [-0.05, 0) is 31.1 Å². The van der Waals surface area contributed by atoms with Gasteiger partial charge in [0.15, 0.2) is 0 Å². The molecule has 0 aromatic heterocycles. The molecule has 74 valence electrons. The summed E-state index contributed by atoms with van der Waals surface area (Å²) in [6.07, 6.45) is 12.1. The predicted octanol–water partition coefficient (Wildman–Crippen LogP) is 3.18. The summed E-state index contributed by atoms with van der Waals surface area (Å²) >= 11 is 0. The molecule has 0 N–H and O–H groups in total. The molecule has 2 saturated carbocycles. The van der Waals surface area contributed by atoms with Crippen LogP contribution in [-0.2, 0) is 4.79 Å². The average molecular weight is 180 g/mol. The van der Waals surface area contributed by atoms with Crippen LogP contribution < -0.4 is 0 Å².